The zero-order valence-corrected chi connectivity index (χ0v) is 17.5. The lowest BCUT2D eigenvalue weighted by Gasteiger charge is -2.19. The molecule has 28 heavy (non-hydrogen) atoms. The zero-order valence-electron chi connectivity index (χ0n) is 17.5. The molecule has 0 radical (unpaired) electrons. The summed E-state index contributed by atoms with van der Waals surface area (Å²) in [6.45, 7) is 4.76. The molecule has 0 aliphatic carbocycles. The monoisotopic (exact) mass is 397 g/mol. The largest absolute Gasteiger partial charge is 0.464 e. The van der Waals surface area contributed by atoms with Gasteiger partial charge in [-0.05, 0) is 42.9 Å². The number of carbonyl (C=O) groups is 1. The van der Waals surface area contributed by atoms with Crippen molar-refractivity contribution in [3.63, 3.8) is 0 Å². The van der Waals surface area contributed by atoms with Gasteiger partial charge in [0.2, 0.25) is 0 Å². The number of carbonyl (C=O) groups excluding carboxylic acids is 1. The van der Waals surface area contributed by atoms with E-state index in [1.807, 2.05) is 0 Å². The van der Waals surface area contributed by atoms with Crippen LogP contribution in [0.4, 0.5) is 8.78 Å². The van der Waals surface area contributed by atoms with Crippen LogP contribution < -0.4 is 5.73 Å². The van der Waals surface area contributed by atoms with Crippen molar-refractivity contribution in [2.24, 2.45) is 11.7 Å². The first kappa shape index (κ1) is 24.5. The smallest absolute Gasteiger partial charge is 0.323 e. The molecular formula is C23H37F2NO2. The van der Waals surface area contributed by atoms with Gasteiger partial charge in [-0.1, -0.05) is 65.2 Å². The summed E-state index contributed by atoms with van der Waals surface area (Å²) in [4.78, 5) is 12.2. The third kappa shape index (κ3) is 10.7. The van der Waals surface area contributed by atoms with Crippen molar-refractivity contribution >= 4 is 5.97 Å². The van der Waals surface area contributed by atoms with E-state index in [4.69, 9.17) is 10.5 Å². The lowest BCUT2D eigenvalue weighted by atomic mass is 9.95. The Morgan fingerprint density at radius 2 is 1.46 bits per heavy atom. The van der Waals surface area contributed by atoms with E-state index < -0.39 is 23.6 Å². The summed E-state index contributed by atoms with van der Waals surface area (Å²) in [6.07, 6.45) is 11.8. The molecule has 0 spiro atoms. The second kappa shape index (κ2) is 14.5. The lowest BCUT2D eigenvalue weighted by molar-refractivity contribution is -0.146. The summed E-state index contributed by atoms with van der Waals surface area (Å²) >= 11 is 0. The Morgan fingerprint density at radius 1 is 0.929 bits per heavy atom. The third-order valence-corrected chi connectivity index (χ3v) is 5.07. The lowest BCUT2D eigenvalue weighted by Crippen LogP contribution is -2.35. The molecule has 0 unspecified atom stereocenters. The molecule has 0 aromatic heterocycles. The summed E-state index contributed by atoms with van der Waals surface area (Å²) in [7, 11) is 0. The van der Waals surface area contributed by atoms with Crippen molar-refractivity contribution < 1.29 is 18.3 Å². The number of esters is 1. The molecule has 1 aromatic carbocycles. The molecule has 0 saturated heterocycles. The zero-order chi connectivity index (χ0) is 20.8. The van der Waals surface area contributed by atoms with Crippen LogP contribution in [0.1, 0.15) is 83.6 Å². The van der Waals surface area contributed by atoms with Crippen LogP contribution in [-0.2, 0) is 16.0 Å². The molecule has 2 N–H and O–H groups in total. The van der Waals surface area contributed by atoms with Crippen LogP contribution in [0.2, 0.25) is 0 Å². The first-order chi connectivity index (χ1) is 13.5. The van der Waals surface area contributed by atoms with Gasteiger partial charge in [-0.3, -0.25) is 4.79 Å². The van der Waals surface area contributed by atoms with Gasteiger partial charge in [0.1, 0.15) is 17.7 Å². The molecule has 0 aliphatic heterocycles. The number of ether oxygens (including phenoxy) is 1. The highest BCUT2D eigenvalue weighted by Crippen LogP contribution is 2.19. The van der Waals surface area contributed by atoms with Gasteiger partial charge >= 0.3 is 5.97 Å². The first-order valence-electron chi connectivity index (χ1n) is 10.8. The Kier molecular flexibility index (Phi) is 12.7. The average molecular weight is 398 g/mol. The minimum absolute atomic E-state index is 0.0607. The van der Waals surface area contributed by atoms with Crippen LogP contribution in [0, 0.1) is 17.6 Å². The molecule has 0 saturated carbocycles. The van der Waals surface area contributed by atoms with E-state index in [2.05, 4.69) is 13.8 Å². The van der Waals surface area contributed by atoms with E-state index in [-0.39, 0.29) is 6.42 Å². The van der Waals surface area contributed by atoms with Crippen molar-refractivity contribution in [1.29, 1.82) is 0 Å². The van der Waals surface area contributed by atoms with Gasteiger partial charge in [0.25, 0.3) is 0 Å². The van der Waals surface area contributed by atoms with E-state index in [0.717, 1.165) is 31.7 Å². The van der Waals surface area contributed by atoms with Crippen LogP contribution in [0.3, 0.4) is 0 Å². The molecule has 160 valence electrons. The topological polar surface area (TPSA) is 52.3 Å². The van der Waals surface area contributed by atoms with Crippen molar-refractivity contribution in [2.75, 3.05) is 6.61 Å². The van der Waals surface area contributed by atoms with E-state index in [1.165, 1.54) is 50.7 Å². The van der Waals surface area contributed by atoms with Crippen LogP contribution in [0.5, 0.6) is 0 Å². The Bertz CT molecular complexity index is 533. The minimum atomic E-state index is -0.915. The molecule has 1 atom stereocenters. The summed E-state index contributed by atoms with van der Waals surface area (Å²) in [6, 6.07) is 2.28. The molecule has 3 nitrogen and oxygen atoms in total. The summed E-state index contributed by atoms with van der Waals surface area (Å²) in [5.41, 5.74) is 6.25. The number of benzene rings is 1. The molecule has 5 heteroatoms. The molecule has 0 aliphatic rings. The van der Waals surface area contributed by atoms with Crippen molar-refractivity contribution in [3.8, 4) is 0 Å². The van der Waals surface area contributed by atoms with Crippen LogP contribution >= 0.6 is 0 Å². The Morgan fingerprint density at radius 3 is 1.96 bits per heavy atom. The maximum absolute atomic E-state index is 13.3. The number of halogens is 2. The number of rotatable bonds is 15. The second-order valence-corrected chi connectivity index (χ2v) is 7.78. The van der Waals surface area contributed by atoms with E-state index in [0.29, 0.717) is 18.1 Å². The molecule has 1 rings (SSSR count). The van der Waals surface area contributed by atoms with Crippen molar-refractivity contribution in [2.45, 2.75) is 90.5 Å². The molecular weight excluding hydrogens is 360 g/mol. The van der Waals surface area contributed by atoms with Gasteiger partial charge in [0.15, 0.2) is 0 Å². The van der Waals surface area contributed by atoms with E-state index >= 15 is 0 Å². The predicted molar refractivity (Wildman–Crippen MR) is 110 cm³/mol. The van der Waals surface area contributed by atoms with E-state index in [1.54, 1.807) is 0 Å². The molecule has 1 aromatic rings. The molecule has 0 bridgehead atoms. The molecule has 0 fully saturated rings. The Labute approximate surface area is 169 Å². The summed E-state index contributed by atoms with van der Waals surface area (Å²) < 4.78 is 32.0. The minimum Gasteiger partial charge on any atom is -0.464 e. The number of nitrogens with two attached hydrogens (primary N) is 1. The maximum Gasteiger partial charge on any atom is 0.323 e. The molecule has 0 heterocycles. The fourth-order valence-corrected chi connectivity index (χ4v) is 3.40. The van der Waals surface area contributed by atoms with Crippen molar-refractivity contribution in [3.05, 3.63) is 35.4 Å². The van der Waals surface area contributed by atoms with Gasteiger partial charge < -0.3 is 10.5 Å². The molecule has 0 amide bonds. The van der Waals surface area contributed by atoms with Crippen LogP contribution in [0.25, 0.3) is 0 Å². The second-order valence-electron chi connectivity index (χ2n) is 7.78. The fourth-order valence-electron chi connectivity index (χ4n) is 3.40. The van der Waals surface area contributed by atoms with Crippen LogP contribution in [-0.4, -0.2) is 18.6 Å². The SMILES string of the molecule is CCCCCCC(CCCCCC)COC(=O)[C@@H](N)Cc1cc(F)cc(F)c1. The van der Waals surface area contributed by atoms with Crippen molar-refractivity contribution in [1.82, 2.24) is 0 Å². The van der Waals surface area contributed by atoms with E-state index in [9.17, 15) is 13.6 Å². The number of hydrogen-bond donors (Lipinski definition) is 1. The summed E-state index contributed by atoms with van der Waals surface area (Å²) in [5.74, 6) is -1.49. The standard InChI is InChI=1S/C23H37F2NO2/c1-3-5-7-9-11-18(12-10-8-6-4-2)17-28-23(27)22(26)15-19-13-20(24)16-21(25)14-19/h13-14,16,18,22H,3-12,15,17,26H2,1-2H3/t22-/m0/s1. The Hall–Kier alpha value is -1.49. The highest BCUT2D eigenvalue weighted by molar-refractivity contribution is 5.75. The van der Waals surface area contributed by atoms with Gasteiger partial charge in [-0.15, -0.1) is 0 Å². The average Bonchev–Trinajstić information content (AvgIpc) is 2.64. The normalized spacial score (nSPS) is 12.4. The van der Waals surface area contributed by atoms with Crippen LogP contribution in [0.15, 0.2) is 18.2 Å². The highest BCUT2D eigenvalue weighted by atomic mass is 19.1. The van der Waals surface area contributed by atoms with Gasteiger partial charge in [-0.25, -0.2) is 8.78 Å². The Balaban J connectivity index is 2.46. The first-order valence-corrected chi connectivity index (χ1v) is 10.8. The highest BCUT2D eigenvalue weighted by Gasteiger charge is 2.19. The van der Waals surface area contributed by atoms with Gasteiger partial charge in [0.05, 0.1) is 6.61 Å². The third-order valence-electron chi connectivity index (χ3n) is 5.07. The summed E-state index contributed by atoms with van der Waals surface area (Å²) in [5, 5.41) is 0. The quantitative estimate of drug-likeness (QED) is 0.294. The fraction of sp³-hybridized carbons (Fsp3) is 0.696. The van der Waals surface area contributed by atoms with Gasteiger partial charge in [0, 0.05) is 6.07 Å². The number of hydrogen-bond acceptors (Lipinski definition) is 3. The predicted octanol–water partition coefficient (Wildman–Crippen LogP) is 5.93. The maximum atomic E-state index is 13.3. The van der Waals surface area contributed by atoms with Gasteiger partial charge in [-0.2, -0.15) is 0 Å². The number of unbranched alkanes of at least 4 members (excludes halogenated alkanes) is 6.